The molecule has 0 saturated heterocycles. The van der Waals surface area contributed by atoms with E-state index in [1.165, 1.54) is 12.1 Å². The van der Waals surface area contributed by atoms with Gasteiger partial charge in [-0.05, 0) is 31.0 Å². The lowest BCUT2D eigenvalue weighted by molar-refractivity contribution is -0.145. The van der Waals surface area contributed by atoms with Crippen molar-refractivity contribution in [3.8, 4) is 11.5 Å². The molecular weight excluding hydrogens is 208 g/mol. The highest BCUT2D eigenvalue weighted by Gasteiger charge is 2.20. The first-order valence-electron chi connectivity index (χ1n) is 5.28. The van der Waals surface area contributed by atoms with Gasteiger partial charge in [-0.25, -0.2) is 0 Å². The van der Waals surface area contributed by atoms with Gasteiger partial charge in [0.05, 0.1) is 12.5 Å². The number of aromatic hydroxyl groups is 2. The summed E-state index contributed by atoms with van der Waals surface area (Å²) in [5, 5.41) is 18.5. The Morgan fingerprint density at radius 1 is 1.31 bits per heavy atom. The lowest BCUT2D eigenvalue weighted by Gasteiger charge is -2.14. The van der Waals surface area contributed by atoms with E-state index in [1.54, 1.807) is 13.0 Å². The first-order valence-corrected chi connectivity index (χ1v) is 5.28. The van der Waals surface area contributed by atoms with Gasteiger partial charge in [-0.1, -0.05) is 13.0 Å². The standard InChI is InChI=1S/C12H16O4/c1-3-9(12(15)16-4-2)8-5-6-10(13)11(14)7-8/h5-7,9,13-14H,3-4H2,1-2H3. The van der Waals surface area contributed by atoms with Crippen molar-refractivity contribution >= 4 is 5.97 Å². The molecule has 1 aromatic rings. The SMILES string of the molecule is CCOC(=O)C(CC)c1ccc(O)c(O)c1. The second kappa shape index (κ2) is 5.39. The summed E-state index contributed by atoms with van der Waals surface area (Å²) in [6.07, 6.45) is 0.586. The number of phenols is 2. The van der Waals surface area contributed by atoms with E-state index in [9.17, 15) is 15.0 Å². The maximum atomic E-state index is 11.6. The van der Waals surface area contributed by atoms with Crippen molar-refractivity contribution in [3.05, 3.63) is 23.8 Å². The Hall–Kier alpha value is -1.71. The number of esters is 1. The van der Waals surface area contributed by atoms with Gasteiger partial charge in [-0.3, -0.25) is 4.79 Å². The predicted molar refractivity (Wildman–Crippen MR) is 59.4 cm³/mol. The molecule has 2 N–H and O–H groups in total. The van der Waals surface area contributed by atoms with Crippen LogP contribution in [0.1, 0.15) is 31.7 Å². The summed E-state index contributed by atoms with van der Waals surface area (Å²) in [4.78, 5) is 11.6. The van der Waals surface area contributed by atoms with E-state index in [0.29, 0.717) is 18.6 Å². The van der Waals surface area contributed by atoms with Crippen LogP contribution in [0.25, 0.3) is 0 Å². The van der Waals surface area contributed by atoms with Crippen molar-refractivity contribution < 1.29 is 19.7 Å². The number of hydrogen-bond donors (Lipinski definition) is 2. The van der Waals surface area contributed by atoms with Gasteiger partial charge in [-0.15, -0.1) is 0 Å². The normalized spacial score (nSPS) is 12.1. The molecule has 0 radical (unpaired) electrons. The second-order valence-electron chi connectivity index (χ2n) is 3.46. The fourth-order valence-electron chi connectivity index (χ4n) is 1.54. The third-order valence-electron chi connectivity index (χ3n) is 2.38. The van der Waals surface area contributed by atoms with Crippen LogP contribution < -0.4 is 0 Å². The van der Waals surface area contributed by atoms with Crippen molar-refractivity contribution in [2.45, 2.75) is 26.2 Å². The number of rotatable bonds is 4. The molecule has 0 saturated carbocycles. The molecule has 0 bridgehead atoms. The smallest absolute Gasteiger partial charge is 0.313 e. The van der Waals surface area contributed by atoms with Gasteiger partial charge in [0, 0.05) is 0 Å². The van der Waals surface area contributed by atoms with E-state index in [0.717, 1.165) is 0 Å². The van der Waals surface area contributed by atoms with Crippen molar-refractivity contribution in [2.75, 3.05) is 6.61 Å². The maximum Gasteiger partial charge on any atom is 0.313 e. The monoisotopic (exact) mass is 224 g/mol. The Bertz CT molecular complexity index is 373. The molecule has 1 atom stereocenters. The molecule has 0 heterocycles. The van der Waals surface area contributed by atoms with Gasteiger partial charge < -0.3 is 14.9 Å². The molecule has 4 heteroatoms. The summed E-state index contributed by atoms with van der Waals surface area (Å²) in [6.45, 7) is 3.95. The van der Waals surface area contributed by atoms with Gasteiger partial charge in [0.25, 0.3) is 0 Å². The fourth-order valence-corrected chi connectivity index (χ4v) is 1.54. The number of phenolic OH excluding ortho intramolecular Hbond substituents is 2. The Morgan fingerprint density at radius 2 is 2.00 bits per heavy atom. The Balaban J connectivity index is 2.95. The number of benzene rings is 1. The van der Waals surface area contributed by atoms with Crippen molar-refractivity contribution in [1.29, 1.82) is 0 Å². The Morgan fingerprint density at radius 3 is 2.50 bits per heavy atom. The Kier molecular flexibility index (Phi) is 4.17. The maximum absolute atomic E-state index is 11.6. The van der Waals surface area contributed by atoms with Crippen LogP contribution in [-0.2, 0) is 9.53 Å². The van der Waals surface area contributed by atoms with Gasteiger partial charge >= 0.3 is 5.97 Å². The summed E-state index contributed by atoms with van der Waals surface area (Å²) in [5.41, 5.74) is 0.649. The topological polar surface area (TPSA) is 66.8 Å². The van der Waals surface area contributed by atoms with Gasteiger partial charge in [0.15, 0.2) is 11.5 Å². The number of carbonyl (C=O) groups is 1. The molecule has 16 heavy (non-hydrogen) atoms. The second-order valence-corrected chi connectivity index (χ2v) is 3.46. The summed E-state index contributed by atoms with van der Waals surface area (Å²) >= 11 is 0. The number of carbonyl (C=O) groups excluding carboxylic acids is 1. The van der Waals surface area contributed by atoms with Crippen LogP contribution in [0.2, 0.25) is 0 Å². The summed E-state index contributed by atoms with van der Waals surface area (Å²) in [7, 11) is 0. The molecule has 0 aromatic heterocycles. The molecule has 0 aliphatic heterocycles. The lowest BCUT2D eigenvalue weighted by Crippen LogP contribution is -2.15. The van der Waals surface area contributed by atoms with E-state index < -0.39 is 5.92 Å². The molecule has 88 valence electrons. The van der Waals surface area contributed by atoms with E-state index in [1.807, 2.05) is 6.92 Å². The zero-order chi connectivity index (χ0) is 12.1. The molecule has 0 aliphatic rings. The first kappa shape index (κ1) is 12.4. The zero-order valence-corrected chi connectivity index (χ0v) is 9.43. The minimum Gasteiger partial charge on any atom is -0.504 e. The minimum absolute atomic E-state index is 0.192. The molecule has 0 spiro atoms. The van der Waals surface area contributed by atoms with Crippen molar-refractivity contribution in [3.63, 3.8) is 0 Å². The van der Waals surface area contributed by atoms with Crippen LogP contribution in [0.3, 0.4) is 0 Å². The number of ether oxygens (including phenoxy) is 1. The largest absolute Gasteiger partial charge is 0.504 e. The highest BCUT2D eigenvalue weighted by Crippen LogP contribution is 2.30. The molecule has 0 aliphatic carbocycles. The summed E-state index contributed by atoms with van der Waals surface area (Å²) < 4.78 is 4.94. The van der Waals surface area contributed by atoms with Crippen LogP contribution in [0.4, 0.5) is 0 Å². The summed E-state index contributed by atoms with van der Waals surface area (Å²) in [6, 6.07) is 4.37. The Labute approximate surface area is 94.5 Å². The van der Waals surface area contributed by atoms with E-state index in [4.69, 9.17) is 4.74 Å². The van der Waals surface area contributed by atoms with Crippen LogP contribution in [0, 0.1) is 0 Å². The fraction of sp³-hybridized carbons (Fsp3) is 0.417. The van der Waals surface area contributed by atoms with Crippen LogP contribution >= 0.6 is 0 Å². The van der Waals surface area contributed by atoms with E-state index in [-0.39, 0.29) is 17.5 Å². The predicted octanol–water partition coefficient (Wildman–Crippen LogP) is 2.15. The first-order chi connectivity index (χ1) is 7.60. The molecular formula is C12H16O4. The zero-order valence-electron chi connectivity index (χ0n) is 9.43. The van der Waals surface area contributed by atoms with Crippen LogP contribution in [0.5, 0.6) is 11.5 Å². The average Bonchev–Trinajstić information content (AvgIpc) is 2.25. The van der Waals surface area contributed by atoms with Crippen LogP contribution in [-0.4, -0.2) is 22.8 Å². The van der Waals surface area contributed by atoms with E-state index in [2.05, 4.69) is 0 Å². The highest BCUT2D eigenvalue weighted by molar-refractivity contribution is 5.78. The molecule has 0 fully saturated rings. The quantitative estimate of drug-likeness (QED) is 0.607. The van der Waals surface area contributed by atoms with E-state index >= 15 is 0 Å². The molecule has 0 amide bonds. The average molecular weight is 224 g/mol. The van der Waals surface area contributed by atoms with Gasteiger partial charge in [0.2, 0.25) is 0 Å². The third-order valence-corrected chi connectivity index (χ3v) is 2.38. The number of hydrogen-bond acceptors (Lipinski definition) is 4. The molecule has 1 unspecified atom stereocenters. The van der Waals surface area contributed by atoms with Crippen LogP contribution in [0.15, 0.2) is 18.2 Å². The van der Waals surface area contributed by atoms with Gasteiger partial charge in [-0.2, -0.15) is 0 Å². The van der Waals surface area contributed by atoms with Crippen molar-refractivity contribution in [2.24, 2.45) is 0 Å². The lowest BCUT2D eigenvalue weighted by atomic mass is 9.96. The molecule has 1 rings (SSSR count). The summed E-state index contributed by atoms with van der Waals surface area (Å²) in [5.74, 6) is -1.12. The molecule has 1 aromatic carbocycles. The minimum atomic E-state index is -0.397. The highest BCUT2D eigenvalue weighted by atomic mass is 16.5. The molecule has 4 nitrogen and oxygen atoms in total. The van der Waals surface area contributed by atoms with Gasteiger partial charge in [0.1, 0.15) is 0 Å². The van der Waals surface area contributed by atoms with Crippen molar-refractivity contribution in [1.82, 2.24) is 0 Å². The third kappa shape index (κ3) is 2.66.